The SMILES string of the molecule is C=C1CCC2=NCCCCN12. The van der Waals surface area contributed by atoms with Crippen molar-refractivity contribution in [2.45, 2.75) is 25.7 Å². The average molecular weight is 150 g/mol. The van der Waals surface area contributed by atoms with Crippen molar-refractivity contribution >= 4 is 5.84 Å². The van der Waals surface area contributed by atoms with Gasteiger partial charge >= 0.3 is 0 Å². The number of amidine groups is 1. The molecule has 2 nitrogen and oxygen atoms in total. The zero-order valence-electron chi connectivity index (χ0n) is 6.84. The molecule has 2 aliphatic rings. The van der Waals surface area contributed by atoms with E-state index in [0.29, 0.717) is 0 Å². The first-order chi connectivity index (χ1) is 5.38. The van der Waals surface area contributed by atoms with Gasteiger partial charge in [-0.05, 0) is 19.3 Å². The number of allylic oxidation sites excluding steroid dienone is 1. The lowest BCUT2D eigenvalue weighted by atomic mass is 10.3. The topological polar surface area (TPSA) is 15.6 Å². The highest BCUT2D eigenvalue weighted by molar-refractivity contribution is 5.86. The maximum absolute atomic E-state index is 4.52. The summed E-state index contributed by atoms with van der Waals surface area (Å²) in [6, 6.07) is 0. The zero-order chi connectivity index (χ0) is 7.68. The molecular formula is C9H14N2. The largest absolute Gasteiger partial charge is 0.335 e. The van der Waals surface area contributed by atoms with Gasteiger partial charge in [0.1, 0.15) is 5.84 Å². The lowest BCUT2D eigenvalue weighted by Crippen LogP contribution is -2.22. The molecule has 1 saturated heterocycles. The Morgan fingerprint density at radius 3 is 3.09 bits per heavy atom. The summed E-state index contributed by atoms with van der Waals surface area (Å²) in [7, 11) is 0. The highest BCUT2D eigenvalue weighted by Crippen LogP contribution is 2.23. The number of fused-ring (bicyclic) bond motifs is 1. The third kappa shape index (κ3) is 1.17. The van der Waals surface area contributed by atoms with Gasteiger partial charge < -0.3 is 4.90 Å². The van der Waals surface area contributed by atoms with Crippen LogP contribution in [-0.4, -0.2) is 23.8 Å². The Morgan fingerprint density at radius 2 is 2.18 bits per heavy atom. The van der Waals surface area contributed by atoms with Crippen LogP contribution in [0.3, 0.4) is 0 Å². The van der Waals surface area contributed by atoms with E-state index in [1.807, 2.05) is 0 Å². The van der Waals surface area contributed by atoms with Crippen molar-refractivity contribution in [2.24, 2.45) is 4.99 Å². The van der Waals surface area contributed by atoms with Crippen LogP contribution in [0.1, 0.15) is 25.7 Å². The Morgan fingerprint density at radius 1 is 1.27 bits per heavy atom. The van der Waals surface area contributed by atoms with Gasteiger partial charge in [-0.3, -0.25) is 4.99 Å². The summed E-state index contributed by atoms with van der Waals surface area (Å²) >= 11 is 0. The second-order valence-corrected chi connectivity index (χ2v) is 3.22. The first kappa shape index (κ1) is 6.89. The summed E-state index contributed by atoms with van der Waals surface area (Å²) in [5.74, 6) is 1.28. The minimum absolute atomic E-state index is 1.03. The molecule has 0 aromatic rings. The number of aliphatic imine (C=N–C) groups is 1. The van der Waals surface area contributed by atoms with Gasteiger partial charge in [0.2, 0.25) is 0 Å². The quantitative estimate of drug-likeness (QED) is 0.514. The molecule has 0 radical (unpaired) electrons. The Bertz CT molecular complexity index is 206. The van der Waals surface area contributed by atoms with E-state index in [1.165, 1.54) is 24.4 Å². The van der Waals surface area contributed by atoms with Crippen LogP contribution in [0.4, 0.5) is 0 Å². The number of rotatable bonds is 0. The summed E-state index contributed by atoms with van der Waals surface area (Å²) in [5.41, 5.74) is 1.27. The summed E-state index contributed by atoms with van der Waals surface area (Å²) in [5, 5.41) is 0. The molecule has 0 atom stereocenters. The van der Waals surface area contributed by atoms with E-state index < -0.39 is 0 Å². The van der Waals surface area contributed by atoms with E-state index in [1.54, 1.807) is 0 Å². The molecule has 0 bridgehead atoms. The van der Waals surface area contributed by atoms with Gasteiger partial charge in [-0.1, -0.05) is 6.58 Å². The van der Waals surface area contributed by atoms with Crippen molar-refractivity contribution in [1.82, 2.24) is 4.90 Å². The van der Waals surface area contributed by atoms with Crippen LogP contribution in [0.15, 0.2) is 17.3 Å². The van der Waals surface area contributed by atoms with Crippen LogP contribution in [0, 0.1) is 0 Å². The van der Waals surface area contributed by atoms with Crippen LogP contribution in [0.5, 0.6) is 0 Å². The lowest BCUT2D eigenvalue weighted by Gasteiger charge is -2.17. The Balaban J connectivity index is 2.20. The predicted octanol–water partition coefficient (Wildman–Crippen LogP) is 1.79. The molecule has 60 valence electrons. The van der Waals surface area contributed by atoms with Gasteiger partial charge in [-0.15, -0.1) is 0 Å². The van der Waals surface area contributed by atoms with Crippen molar-refractivity contribution in [3.63, 3.8) is 0 Å². The molecule has 0 saturated carbocycles. The van der Waals surface area contributed by atoms with Crippen LogP contribution in [0.25, 0.3) is 0 Å². The fourth-order valence-corrected chi connectivity index (χ4v) is 1.75. The molecule has 1 fully saturated rings. The van der Waals surface area contributed by atoms with Crippen molar-refractivity contribution in [1.29, 1.82) is 0 Å². The Hall–Kier alpha value is -0.790. The highest BCUT2D eigenvalue weighted by atomic mass is 15.2. The summed E-state index contributed by atoms with van der Waals surface area (Å²) < 4.78 is 0. The van der Waals surface area contributed by atoms with Gasteiger partial charge in [0.05, 0.1) is 0 Å². The minimum Gasteiger partial charge on any atom is -0.335 e. The second-order valence-electron chi connectivity index (χ2n) is 3.22. The highest BCUT2D eigenvalue weighted by Gasteiger charge is 2.22. The first-order valence-electron chi connectivity index (χ1n) is 4.36. The molecule has 2 rings (SSSR count). The summed E-state index contributed by atoms with van der Waals surface area (Å²) in [6.45, 7) is 6.20. The van der Waals surface area contributed by atoms with E-state index in [4.69, 9.17) is 0 Å². The predicted molar refractivity (Wildman–Crippen MR) is 46.6 cm³/mol. The first-order valence-corrected chi connectivity index (χ1v) is 4.36. The van der Waals surface area contributed by atoms with E-state index >= 15 is 0 Å². The fraction of sp³-hybridized carbons (Fsp3) is 0.667. The summed E-state index contributed by atoms with van der Waals surface area (Å²) in [6.07, 6.45) is 4.76. The normalized spacial score (nSPS) is 24.5. The molecule has 0 amide bonds. The van der Waals surface area contributed by atoms with Crippen molar-refractivity contribution < 1.29 is 0 Å². The molecule has 0 aliphatic carbocycles. The standard InChI is InChI=1S/C9H14N2/c1-8-4-5-9-10-6-2-3-7-11(8)9/h1-7H2. The second kappa shape index (κ2) is 2.68. The van der Waals surface area contributed by atoms with Crippen LogP contribution in [-0.2, 0) is 0 Å². The lowest BCUT2D eigenvalue weighted by molar-refractivity contribution is 0.516. The van der Waals surface area contributed by atoms with Crippen LogP contribution < -0.4 is 0 Å². The minimum atomic E-state index is 1.03. The van der Waals surface area contributed by atoms with Gasteiger partial charge in [-0.2, -0.15) is 0 Å². The van der Waals surface area contributed by atoms with Crippen LogP contribution in [0.2, 0.25) is 0 Å². The molecule has 0 N–H and O–H groups in total. The Labute approximate surface area is 67.6 Å². The third-order valence-electron chi connectivity index (χ3n) is 2.41. The van der Waals surface area contributed by atoms with Gasteiger partial charge in [0, 0.05) is 25.2 Å². The molecule has 0 aromatic carbocycles. The van der Waals surface area contributed by atoms with Gasteiger partial charge in [0.15, 0.2) is 0 Å². The third-order valence-corrected chi connectivity index (χ3v) is 2.41. The van der Waals surface area contributed by atoms with E-state index in [0.717, 1.165) is 25.9 Å². The smallest absolute Gasteiger partial charge is 0.103 e. The number of hydrogen-bond donors (Lipinski definition) is 0. The van der Waals surface area contributed by atoms with E-state index in [-0.39, 0.29) is 0 Å². The molecule has 11 heavy (non-hydrogen) atoms. The van der Waals surface area contributed by atoms with Crippen molar-refractivity contribution in [3.8, 4) is 0 Å². The maximum Gasteiger partial charge on any atom is 0.103 e. The molecule has 2 aliphatic heterocycles. The maximum atomic E-state index is 4.52. The summed E-state index contributed by atoms with van der Waals surface area (Å²) in [4.78, 5) is 6.82. The molecule has 2 heterocycles. The zero-order valence-corrected chi connectivity index (χ0v) is 6.84. The van der Waals surface area contributed by atoms with Gasteiger partial charge in [-0.25, -0.2) is 0 Å². The van der Waals surface area contributed by atoms with Gasteiger partial charge in [0.25, 0.3) is 0 Å². The number of nitrogens with zero attached hydrogens (tertiary/aromatic N) is 2. The van der Waals surface area contributed by atoms with Crippen molar-refractivity contribution in [3.05, 3.63) is 12.3 Å². The van der Waals surface area contributed by atoms with E-state index in [9.17, 15) is 0 Å². The monoisotopic (exact) mass is 150 g/mol. The average Bonchev–Trinajstić information content (AvgIpc) is 2.25. The molecule has 0 aromatic heterocycles. The fourth-order valence-electron chi connectivity index (χ4n) is 1.75. The molecule has 2 heteroatoms. The van der Waals surface area contributed by atoms with Crippen LogP contribution >= 0.6 is 0 Å². The molecule has 0 spiro atoms. The van der Waals surface area contributed by atoms with E-state index in [2.05, 4.69) is 16.5 Å². The molecular weight excluding hydrogens is 136 g/mol. The number of hydrogen-bond acceptors (Lipinski definition) is 2. The Kier molecular flexibility index (Phi) is 1.68. The van der Waals surface area contributed by atoms with Crippen molar-refractivity contribution in [2.75, 3.05) is 13.1 Å². The molecule has 0 unspecified atom stereocenters.